The maximum Gasteiger partial charge on any atom is 0.191 e. The van der Waals surface area contributed by atoms with E-state index in [-0.39, 0.29) is 24.0 Å². The Balaban J connectivity index is 0.00000261. The van der Waals surface area contributed by atoms with Gasteiger partial charge in [0.1, 0.15) is 0 Å². The van der Waals surface area contributed by atoms with Crippen LogP contribution in [-0.2, 0) is 0 Å². The largest absolute Gasteiger partial charge is 0.357 e. The van der Waals surface area contributed by atoms with Crippen LogP contribution >= 0.6 is 24.0 Å². The molecule has 1 saturated carbocycles. The standard InChI is InChI=1S/C21H41N5.HI/c1-3-22-21(23-17-20-11-7-8-14-25(20)4-2)24-18-12-15-26(16-13-18)19-9-5-6-10-19;/h18-20H,3-17H2,1-2H3,(H2,22,23,24);1H. The predicted molar refractivity (Wildman–Crippen MR) is 126 cm³/mol. The van der Waals surface area contributed by atoms with Crippen LogP contribution < -0.4 is 10.6 Å². The summed E-state index contributed by atoms with van der Waals surface area (Å²) >= 11 is 0. The number of likely N-dealkylation sites (tertiary alicyclic amines) is 2. The normalized spacial score (nSPS) is 26.7. The molecule has 3 aliphatic rings. The molecule has 0 spiro atoms. The fraction of sp³-hybridized carbons (Fsp3) is 0.952. The summed E-state index contributed by atoms with van der Waals surface area (Å²) in [4.78, 5) is 10.3. The molecule has 0 aromatic rings. The Morgan fingerprint density at radius 2 is 1.63 bits per heavy atom. The SMILES string of the molecule is CCNC(=NCC1CCCCN1CC)NC1CCN(C2CCCC2)CC1.I. The minimum atomic E-state index is 0. The molecule has 0 radical (unpaired) electrons. The average Bonchev–Trinajstić information content (AvgIpc) is 3.22. The quantitative estimate of drug-likeness (QED) is 0.340. The molecule has 0 bridgehead atoms. The molecule has 2 heterocycles. The second-order valence-corrected chi connectivity index (χ2v) is 8.39. The van der Waals surface area contributed by atoms with Gasteiger partial charge in [-0.15, -0.1) is 24.0 Å². The van der Waals surface area contributed by atoms with Gasteiger partial charge < -0.3 is 15.5 Å². The van der Waals surface area contributed by atoms with Crippen LogP contribution in [0, 0.1) is 0 Å². The van der Waals surface area contributed by atoms with E-state index in [1.54, 1.807) is 0 Å². The van der Waals surface area contributed by atoms with Gasteiger partial charge in [-0.05, 0) is 58.5 Å². The third kappa shape index (κ3) is 7.03. The lowest BCUT2D eigenvalue weighted by atomic mass is 10.0. The zero-order valence-corrected chi connectivity index (χ0v) is 19.9. The first-order valence-corrected chi connectivity index (χ1v) is 11.3. The lowest BCUT2D eigenvalue weighted by molar-refractivity contribution is 0.150. The summed E-state index contributed by atoms with van der Waals surface area (Å²) in [5.41, 5.74) is 0. The summed E-state index contributed by atoms with van der Waals surface area (Å²) in [6, 6.07) is 2.09. The highest BCUT2D eigenvalue weighted by atomic mass is 127. The Bertz CT molecular complexity index is 430. The highest BCUT2D eigenvalue weighted by Gasteiger charge is 2.27. The molecule has 3 rings (SSSR count). The van der Waals surface area contributed by atoms with Gasteiger partial charge in [0, 0.05) is 37.8 Å². The number of aliphatic imine (C=N–C) groups is 1. The van der Waals surface area contributed by atoms with Crippen molar-refractivity contribution in [2.24, 2.45) is 4.99 Å². The lowest BCUT2D eigenvalue weighted by Crippen LogP contribution is -2.50. The first-order chi connectivity index (χ1) is 12.8. The summed E-state index contributed by atoms with van der Waals surface area (Å²) in [5, 5.41) is 7.21. The van der Waals surface area contributed by atoms with Crippen LogP contribution in [-0.4, -0.2) is 73.2 Å². The van der Waals surface area contributed by atoms with Crippen molar-refractivity contribution in [1.82, 2.24) is 20.4 Å². The molecule has 0 aromatic heterocycles. The smallest absolute Gasteiger partial charge is 0.191 e. The van der Waals surface area contributed by atoms with E-state index < -0.39 is 0 Å². The minimum absolute atomic E-state index is 0. The Kier molecular flexibility index (Phi) is 10.7. The van der Waals surface area contributed by atoms with Gasteiger partial charge in [-0.25, -0.2) is 0 Å². The van der Waals surface area contributed by atoms with Crippen molar-refractivity contribution in [3.63, 3.8) is 0 Å². The molecule has 3 fully saturated rings. The molecular formula is C21H42IN5. The Hall–Kier alpha value is -0.0800. The summed E-state index contributed by atoms with van der Waals surface area (Å²) in [5.74, 6) is 1.04. The summed E-state index contributed by atoms with van der Waals surface area (Å²) < 4.78 is 0. The topological polar surface area (TPSA) is 42.9 Å². The second kappa shape index (κ2) is 12.5. The van der Waals surface area contributed by atoms with Crippen LogP contribution in [0.2, 0.25) is 0 Å². The van der Waals surface area contributed by atoms with Crippen molar-refractivity contribution in [2.75, 3.05) is 39.3 Å². The fourth-order valence-corrected chi connectivity index (χ4v) is 5.07. The van der Waals surface area contributed by atoms with Crippen molar-refractivity contribution in [3.05, 3.63) is 0 Å². The molecule has 0 aromatic carbocycles. The van der Waals surface area contributed by atoms with Crippen molar-refractivity contribution in [3.8, 4) is 0 Å². The zero-order chi connectivity index (χ0) is 18.2. The van der Waals surface area contributed by atoms with Gasteiger partial charge in [0.2, 0.25) is 0 Å². The van der Waals surface area contributed by atoms with E-state index in [1.807, 2.05) is 0 Å². The van der Waals surface area contributed by atoms with Gasteiger partial charge in [0.05, 0.1) is 6.54 Å². The Morgan fingerprint density at radius 3 is 2.30 bits per heavy atom. The number of nitrogens with one attached hydrogen (secondary N) is 2. The Labute approximate surface area is 184 Å². The van der Waals surface area contributed by atoms with Crippen LogP contribution in [0.5, 0.6) is 0 Å². The second-order valence-electron chi connectivity index (χ2n) is 8.39. The highest BCUT2D eigenvalue weighted by Crippen LogP contribution is 2.26. The first-order valence-electron chi connectivity index (χ1n) is 11.3. The molecule has 2 saturated heterocycles. The van der Waals surface area contributed by atoms with E-state index in [0.717, 1.165) is 31.6 Å². The molecule has 1 unspecified atom stereocenters. The van der Waals surface area contributed by atoms with Gasteiger partial charge in [-0.3, -0.25) is 9.89 Å². The number of hydrogen-bond acceptors (Lipinski definition) is 3. The van der Waals surface area contributed by atoms with Gasteiger partial charge in [0.15, 0.2) is 5.96 Å². The fourth-order valence-electron chi connectivity index (χ4n) is 5.07. The molecule has 1 aliphatic carbocycles. The van der Waals surface area contributed by atoms with Gasteiger partial charge >= 0.3 is 0 Å². The summed E-state index contributed by atoms with van der Waals surface area (Å²) in [7, 11) is 0. The van der Waals surface area contributed by atoms with Crippen LogP contribution in [0.25, 0.3) is 0 Å². The number of guanidine groups is 1. The number of piperidine rings is 2. The summed E-state index contributed by atoms with van der Waals surface area (Å²) in [6.07, 6.45) is 12.3. The molecule has 2 N–H and O–H groups in total. The third-order valence-electron chi connectivity index (χ3n) is 6.67. The number of hydrogen-bond donors (Lipinski definition) is 2. The van der Waals surface area contributed by atoms with Crippen LogP contribution in [0.3, 0.4) is 0 Å². The highest BCUT2D eigenvalue weighted by molar-refractivity contribution is 14.0. The number of nitrogens with zero attached hydrogens (tertiary/aromatic N) is 3. The van der Waals surface area contributed by atoms with E-state index in [4.69, 9.17) is 4.99 Å². The third-order valence-corrected chi connectivity index (χ3v) is 6.67. The molecule has 2 aliphatic heterocycles. The van der Waals surface area contributed by atoms with Crippen LogP contribution in [0.15, 0.2) is 4.99 Å². The van der Waals surface area contributed by atoms with E-state index >= 15 is 0 Å². The van der Waals surface area contributed by atoms with Gasteiger partial charge in [-0.1, -0.05) is 26.2 Å². The maximum absolute atomic E-state index is 4.97. The predicted octanol–water partition coefficient (Wildman–Crippen LogP) is 3.44. The van der Waals surface area contributed by atoms with E-state index in [1.165, 1.54) is 77.4 Å². The molecule has 158 valence electrons. The lowest BCUT2D eigenvalue weighted by Gasteiger charge is -2.37. The molecule has 5 nitrogen and oxygen atoms in total. The molecule has 6 heteroatoms. The molecular weight excluding hydrogens is 449 g/mol. The summed E-state index contributed by atoms with van der Waals surface area (Å²) in [6.45, 7) is 11.2. The van der Waals surface area contributed by atoms with Crippen LogP contribution in [0.1, 0.15) is 71.6 Å². The average molecular weight is 492 g/mol. The Morgan fingerprint density at radius 1 is 0.926 bits per heavy atom. The van der Waals surface area contributed by atoms with Crippen LogP contribution in [0.4, 0.5) is 0 Å². The van der Waals surface area contributed by atoms with E-state index in [2.05, 4.69) is 34.3 Å². The monoisotopic (exact) mass is 491 g/mol. The maximum atomic E-state index is 4.97. The van der Waals surface area contributed by atoms with Crippen molar-refractivity contribution >= 4 is 29.9 Å². The van der Waals surface area contributed by atoms with E-state index in [9.17, 15) is 0 Å². The minimum Gasteiger partial charge on any atom is -0.357 e. The van der Waals surface area contributed by atoms with E-state index in [0.29, 0.717) is 12.1 Å². The molecule has 0 amide bonds. The number of rotatable bonds is 6. The zero-order valence-electron chi connectivity index (χ0n) is 17.6. The van der Waals surface area contributed by atoms with Gasteiger partial charge in [0.25, 0.3) is 0 Å². The van der Waals surface area contributed by atoms with Gasteiger partial charge in [-0.2, -0.15) is 0 Å². The van der Waals surface area contributed by atoms with Crippen molar-refractivity contribution < 1.29 is 0 Å². The number of halogens is 1. The van der Waals surface area contributed by atoms with Crippen molar-refractivity contribution in [1.29, 1.82) is 0 Å². The van der Waals surface area contributed by atoms with Crippen molar-refractivity contribution in [2.45, 2.75) is 89.8 Å². The molecule has 27 heavy (non-hydrogen) atoms. The first kappa shape index (κ1) is 23.2. The molecule has 1 atom stereocenters. The number of likely N-dealkylation sites (N-methyl/N-ethyl adjacent to an activating group) is 1.